The van der Waals surface area contributed by atoms with Gasteiger partial charge in [-0.1, -0.05) is 6.92 Å². The van der Waals surface area contributed by atoms with Gasteiger partial charge in [-0.2, -0.15) is 4.39 Å². The van der Waals surface area contributed by atoms with Crippen molar-refractivity contribution in [2.24, 2.45) is 5.73 Å². The Labute approximate surface area is 96.8 Å². The Bertz CT molecular complexity index is 450. The molecule has 0 spiro atoms. The van der Waals surface area contributed by atoms with Gasteiger partial charge in [0.05, 0.1) is 11.0 Å². The van der Waals surface area contributed by atoms with Crippen LogP contribution < -0.4 is 11.1 Å². The predicted octanol–water partition coefficient (Wildman–Crippen LogP) is 1.41. The fourth-order valence-electron chi connectivity index (χ4n) is 1.15. The first kappa shape index (κ1) is 13.0. The summed E-state index contributed by atoms with van der Waals surface area (Å²) in [7, 11) is 0. The number of nitrogens with one attached hydrogen (secondary N) is 1. The lowest BCUT2D eigenvalue weighted by Crippen LogP contribution is -2.34. The molecule has 17 heavy (non-hydrogen) atoms. The van der Waals surface area contributed by atoms with E-state index in [4.69, 9.17) is 5.73 Å². The molecule has 1 aromatic carbocycles. The van der Waals surface area contributed by atoms with Crippen LogP contribution in [0.2, 0.25) is 0 Å². The molecule has 1 amide bonds. The van der Waals surface area contributed by atoms with Gasteiger partial charge in [-0.05, 0) is 18.6 Å². The van der Waals surface area contributed by atoms with Gasteiger partial charge in [0.2, 0.25) is 11.7 Å². The van der Waals surface area contributed by atoms with E-state index in [2.05, 4.69) is 5.32 Å². The second-order valence-corrected chi connectivity index (χ2v) is 3.43. The molecule has 0 aliphatic heterocycles. The highest BCUT2D eigenvalue weighted by Gasteiger charge is 2.16. The van der Waals surface area contributed by atoms with Crippen LogP contribution in [0.1, 0.15) is 13.3 Å². The van der Waals surface area contributed by atoms with Gasteiger partial charge in [0.25, 0.3) is 0 Å². The van der Waals surface area contributed by atoms with Crippen LogP contribution in [0.15, 0.2) is 18.2 Å². The fourth-order valence-corrected chi connectivity index (χ4v) is 1.15. The second-order valence-electron chi connectivity index (χ2n) is 3.43. The van der Waals surface area contributed by atoms with Crippen molar-refractivity contribution in [3.05, 3.63) is 34.1 Å². The zero-order valence-electron chi connectivity index (χ0n) is 9.14. The number of nitrogens with two attached hydrogens (primary N) is 1. The van der Waals surface area contributed by atoms with Crippen LogP contribution in [-0.4, -0.2) is 16.9 Å². The number of amides is 1. The molecule has 0 saturated heterocycles. The van der Waals surface area contributed by atoms with Crippen molar-refractivity contribution in [3.8, 4) is 0 Å². The number of hydrogen-bond donors (Lipinski definition) is 2. The van der Waals surface area contributed by atoms with E-state index >= 15 is 0 Å². The topological polar surface area (TPSA) is 98.3 Å². The van der Waals surface area contributed by atoms with Crippen molar-refractivity contribution in [3.63, 3.8) is 0 Å². The summed E-state index contributed by atoms with van der Waals surface area (Å²) in [6.45, 7) is 1.73. The van der Waals surface area contributed by atoms with E-state index in [0.29, 0.717) is 6.42 Å². The monoisotopic (exact) mass is 241 g/mol. The minimum absolute atomic E-state index is 0.145. The molecule has 3 N–H and O–H groups in total. The largest absolute Gasteiger partial charge is 0.324 e. The lowest BCUT2D eigenvalue weighted by molar-refractivity contribution is -0.387. The number of carbonyl (C=O) groups is 1. The summed E-state index contributed by atoms with van der Waals surface area (Å²) >= 11 is 0. The zero-order valence-corrected chi connectivity index (χ0v) is 9.14. The SMILES string of the molecule is CC[C@@H](N)C(=O)Nc1ccc(F)c([N+](=O)[O-])c1. The number of benzene rings is 1. The molecule has 1 atom stereocenters. The third-order valence-electron chi connectivity index (χ3n) is 2.19. The van der Waals surface area contributed by atoms with Gasteiger partial charge in [0.15, 0.2) is 0 Å². The maximum Gasteiger partial charge on any atom is 0.306 e. The summed E-state index contributed by atoms with van der Waals surface area (Å²) in [4.78, 5) is 21.0. The molecule has 1 aromatic rings. The number of nitro benzene ring substituents is 1. The van der Waals surface area contributed by atoms with Crippen molar-refractivity contribution in [2.45, 2.75) is 19.4 Å². The molecular formula is C10H12FN3O3. The minimum atomic E-state index is -0.951. The summed E-state index contributed by atoms with van der Waals surface area (Å²) in [6.07, 6.45) is 0.440. The van der Waals surface area contributed by atoms with Crippen LogP contribution in [-0.2, 0) is 4.79 Å². The molecule has 7 heteroatoms. The van der Waals surface area contributed by atoms with Gasteiger partial charge in [-0.25, -0.2) is 0 Å². The first-order valence-electron chi connectivity index (χ1n) is 4.96. The van der Waals surface area contributed by atoms with Gasteiger partial charge in [0.1, 0.15) is 0 Å². The molecule has 1 rings (SSSR count). The maximum absolute atomic E-state index is 13.0. The molecule has 0 aliphatic carbocycles. The van der Waals surface area contributed by atoms with Crippen LogP contribution in [0.3, 0.4) is 0 Å². The predicted molar refractivity (Wildman–Crippen MR) is 60.0 cm³/mol. The Kier molecular flexibility index (Phi) is 4.11. The Balaban J connectivity index is 2.90. The number of anilines is 1. The van der Waals surface area contributed by atoms with Crippen molar-refractivity contribution >= 4 is 17.3 Å². The standard InChI is InChI=1S/C10H12FN3O3/c1-2-8(12)10(15)13-6-3-4-7(11)9(5-6)14(16)17/h3-5,8H,2,12H2,1H3,(H,13,15)/t8-/m1/s1. The molecule has 0 unspecified atom stereocenters. The Morgan fingerprint density at radius 2 is 2.29 bits per heavy atom. The van der Waals surface area contributed by atoms with E-state index in [1.54, 1.807) is 6.92 Å². The molecule has 0 fully saturated rings. The average molecular weight is 241 g/mol. The summed E-state index contributed by atoms with van der Waals surface area (Å²) in [5, 5.41) is 12.9. The summed E-state index contributed by atoms with van der Waals surface area (Å²) < 4.78 is 13.0. The molecule has 0 heterocycles. The number of halogens is 1. The number of carbonyl (C=O) groups excluding carboxylic acids is 1. The second kappa shape index (κ2) is 5.35. The van der Waals surface area contributed by atoms with Gasteiger partial charge in [-0.15, -0.1) is 0 Å². The smallest absolute Gasteiger partial charge is 0.306 e. The Morgan fingerprint density at radius 3 is 2.82 bits per heavy atom. The third kappa shape index (κ3) is 3.22. The van der Waals surface area contributed by atoms with Crippen LogP contribution >= 0.6 is 0 Å². The highest BCUT2D eigenvalue weighted by Crippen LogP contribution is 2.21. The highest BCUT2D eigenvalue weighted by molar-refractivity contribution is 5.94. The molecule has 6 nitrogen and oxygen atoms in total. The normalized spacial score (nSPS) is 11.9. The maximum atomic E-state index is 13.0. The zero-order chi connectivity index (χ0) is 13.0. The Morgan fingerprint density at radius 1 is 1.65 bits per heavy atom. The molecule has 0 saturated carbocycles. The quantitative estimate of drug-likeness (QED) is 0.615. The summed E-state index contributed by atoms with van der Waals surface area (Å²) in [6, 6.07) is 2.42. The first-order valence-corrected chi connectivity index (χ1v) is 4.96. The van der Waals surface area contributed by atoms with Crippen molar-refractivity contribution in [1.82, 2.24) is 0 Å². The van der Waals surface area contributed by atoms with E-state index in [1.807, 2.05) is 0 Å². The van der Waals surface area contributed by atoms with Crippen molar-refractivity contribution in [2.75, 3.05) is 5.32 Å². The number of rotatable bonds is 4. The molecular weight excluding hydrogens is 229 g/mol. The van der Waals surface area contributed by atoms with Crippen LogP contribution in [0.5, 0.6) is 0 Å². The van der Waals surface area contributed by atoms with Crippen molar-refractivity contribution < 1.29 is 14.1 Å². The van der Waals surface area contributed by atoms with Gasteiger partial charge < -0.3 is 11.1 Å². The number of hydrogen-bond acceptors (Lipinski definition) is 4. The van der Waals surface area contributed by atoms with E-state index in [0.717, 1.165) is 12.1 Å². The lowest BCUT2D eigenvalue weighted by Gasteiger charge is -2.09. The number of nitro groups is 1. The summed E-state index contributed by atoms with van der Waals surface area (Å²) in [5.74, 6) is -1.42. The first-order chi connectivity index (χ1) is 7.95. The lowest BCUT2D eigenvalue weighted by atomic mass is 10.2. The van der Waals surface area contributed by atoms with Crippen LogP contribution in [0, 0.1) is 15.9 Å². The third-order valence-corrected chi connectivity index (χ3v) is 2.19. The van der Waals surface area contributed by atoms with E-state index in [9.17, 15) is 19.3 Å². The molecule has 0 aliphatic rings. The molecule has 0 aromatic heterocycles. The van der Waals surface area contributed by atoms with E-state index in [1.165, 1.54) is 6.07 Å². The van der Waals surface area contributed by atoms with Gasteiger partial charge in [0, 0.05) is 11.8 Å². The highest BCUT2D eigenvalue weighted by atomic mass is 19.1. The average Bonchev–Trinajstić information content (AvgIpc) is 2.30. The fraction of sp³-hybridized carbons (Fsp3) is 0.300. The minimum Gasteiger partial charge on any atom is -0.324 e. The van der Waals surface area contributed by atoms with E-state index in [-0.39, 0.29) is 5.69 Å². The Hall–Kier alpha value is -2.02. The van der Waals surface area contributed by atoms with Gasteiger partial charge >= 0.3 is 5.69 Å². The molecule has 0 radical (unpaired) electrons. The number of nitrogens with zero attached hydrogens (tertiary/aromatic N) is 1. The molecule has 0 bridgehead atoms. The van der Waals surface area contributed by atoms with Crippen molar-refractivity contribution in [1.29, 1.82) is 0 Å². The summed E-state index contributed by atoms with van der Waals surface area (Å²) in [5.41, 5.74) is 4.93. The van der Waals surface area contributed by atoms with Crippen LogP contribution in [0.4, 0.5) is 15.8 Å². The van der Waals surface area contributed by atoms with E-state index < -0.39 is 28.4 Å². The van der Waals surface area contributed by atoms with Crippen LogP contribution in [0.25, 0.3) is 0 Å². The van der Waals surface area contributed by atoms with Gasteiger partial charge in [-0.3, -0.25) is 14.9 Å². The molecule has 92 valence electrons.